The van der Waals surface area contributed by atoms with Crippen LogP contribution < -0.4 is 17.2 Å². The summed E-state index contributed by atoms with van der Waals surface area (Å²) in [5.74, 6) is -0.0729. The van der Waals surface area contributed by atoms with Gasteiger partial charge in [0.1, 0.15) is 11.6 Å². The molecule has 0 fully saturated rings. The van der Waals surface area contributed by atoms with E-state index in [4.69, 9.17) is 22.3 Å². The predicted molar refractivity (Wildman–Crippen MR) is 115 cm³/mol. The first-order valence-corrected chi connectivity index (χ1v) is 11.0. The molecule has 7 N–H and O–H groups in total. The first-order valence-electron chi connectivity index (χ1n) is 8.43. The summed E-state index contributed by atoms with van der Waals surface area (Å²) in [7, 11) is 0. The minimum Gasteiger partial charge on any atom is -0.478 e. The van der Waals surface area contributed by atoms with Crippen molar-refractivity contribution in [2.24, 2.45) is 0 Å². The molecule has 0 aliphatic rings. The molecule has 146 valence electrons. The van der Waals surface area contributed by atoms with Crippen LogP contribution in [0, 0.1) is 0 Å². The number of hydrogen-bond donors (Lipinski definition) is 4. The summed E-state index contributed by atoms with van der Waals surface area (Å²) < 4.78 is 0.260. The van der Waals surface area contributed by atoms with Gasteiger partial charge in [-0.15, -0.1) is 0 Å². The summed E-state index contributed by atoms with van der Waals surface area (Å²) in [5, 5.41) is 8.99. The van der Waals surface area contributed by atoms with Gasteiger partial charge < -0.3 is 22.3 Å². The number of aromatic nitrogens is 2. The summed E-state index contributed by atoms with van der Waals surface area (Å²) in [6.45, 7) is 0. The van der Waals surface area contributed by atoms with E-state index in [9.17, 15) is 4.79 Å². The Labute approximate surface area is 167 Å². The summed E-state index contributed by atoms with van der Waals surface area (Å²) in [6, 6.07) is 6.97. The monoisotopic (exact) mass is 407 g/mol. The average Bonchev–Trinajstić information content (AvgIpc) is 2.62. The minimum absolute atomic E-state index is 0.0795. The van der Waals surface area contributed by atoms with Gasteiger partial charge in [0.2, 0.25) is 5.95 Å². The Morgan fingerprint density at radius 1 is 1.07 bits per heavy atom. The van der Waals surface area contributed by atoms with E-state index in [1.165, 1.54) is 0 Å². The third-order valence-corrected chi connectivity index (χ3v) is 7.11. The van der Waals surface area contributed by atoms with E-state index in [1.807, 2.05) is 12.1 Å². The molecule has 7 nitrogen and oxygen atoms in total. The molecule has 0 aliphatic heterocycles. The topological polar surface area (TPSA) is 141 Å². The van der Waals surface area contributed by atoms with Crippen molar-refractivity contribution in [1.82, 2.24) is 9.97 Å². The Balaban J connectivity index is 2.15. The molecule has 0 radical (unpaired) electrons. The molecule has 9 heteroatoms. The molecule has 27 heavy (non-hydrogen) atoms. The van der Waals surface area contributed by atoms with Crippen LogP contribution >= 0.6 is 23.5 Å². The van der Waals surface area contributed by atoms with Crippen LogP contribution in [-0.2, 0) is 6.42 Å². The van der Waals surface area contributed by atoms with Crippen LogP contribution in [-0.4, -0.2) is 38.1 Å². The van der Waals surface area contributed by atoms with Crippen LogP contribution in [0.3, 0.4) is 0 Å². The molecule has 0 saturated heterocycles. The van der Waals surface area contributed by atoms with Crippen molar-refractivity contribution in [3.8, 4) is 0 Å². The van der Waals surface area contributed by atoms with E-state index in [-0.39, 0.29) is 16.4 Å². The molecule has 1 heterocycles. The number of anilines is 3. The number of nitrogens with two attached hydrogens (primary N) is 3. The Hall–Kier alpha value is -2.13. The minimum atomic E-state index is -0.918. The van der Waals surface area contributed by atoms with E-state index >= 15 is 0 Å². The molecule has 2 aromatic rings. The van der Waals surface area contributed by atoms with Crippen molar-refractivity contribution in [3.63, 3.8) is 0 Å². The largest absolute Gasteiger partial charge is 0.478 e. The van der Waals surface area contributed by atoms with Gasteiger partial charge in [-0.3, -0.25) is 0 Å². The standard InChI is InChI=1S/C18H25N5O2S2/c1-26-17(27-2)12(13-14(19)22-18(21)23-15(13)20)5-3-4-10-6-8-11(9-7-10)16(24)25/h6-9,12,17H,3-5H2,1-2H3,(H,24,25)(H6,19,20,21,22,23). The number of carbonyl (C=O) groups is 1. The molecule has 1 aromatic heterocycles. The quantitative estimate of drug-likeness (QED) is 0.461. The van der Waals surface area contributed by atoms with Crippen molar-refractivity contribution < 1.29 is 9.90 Å². The fourth-order valence-corrected chi connectivity index (χ4v) is 5.06. The molecule has 0 saturated carbocycles. The molecule has 1 atom stereocenters. The maximum atomic E-state index is 11.0. The fraction of sp³-hybridized carbons (Fsp3) is 0.389. The third-order valence-electron chi connectivity index (χ3n) is 4.37. The van der Waals surface area contributed by atoms with Gasteiger partial charge in [0.05, 0.1) is 10.1 Å². The highest BCUT2D eigenvalue weighted by molar-refractivity contribution is 8.16. The van der Waals surface area contributed by atoms with Crippen LogP contribution in [0.2, 0.25) is 0 Å². The number of carboxylic acid groups (broad SMARTS) is 1. The number of benzene rings is 1. The van der Waals surface area contributed by atoms with Crippen LogP contribution in [0.4, 0.5) is 17.6 Å². The van der Waals surface area contributed by atoms with Gasteiger partial charge in [-0.2, -0.15) is 33.5 Å². The number of rotatable bonds is 9. The van der Waals surface area contributed by atoms with Crippen LogP contribution in [0.1, 0.15) is 40.2 Å². The number of carboxylic acids is 1. The van der Waals surface area contributed by atoms with Crippen LogP contribution in [0.5, 0.6) is 0 Å². The second-order valence-corrected chi connectivity index (χ2v) is 8.36. The van der Waals surface area contributed by atoms with Crippen molar-refractivity contribution in [2.75, 3.05) is 29.7 Å². The lowest BCUT2D eigenvalue weighted by Crippen LogP contribution is -2.18. The lowest BCUT2D eigenvalue weighted by molar-refractivity contribution is 0.0697. The van der Waals surface area contributed by atoms with Gasteiger partial charge in [0.25, 0.3) is 0 Å². The molecule has 1 unspecified atom stereocenters. The van der Waals surface area contributed by atoms with E-state index in [2.05, 4.69) is 22.5 Å². The zero-order chi connectivity index (χ0) is 20.0. The smallest absolute Gasteiger partial charge is 0.335 e. The number of aromatic carboxylic acids is 1. The SMILES string of the molecule is CSC(SC)C(CCCc1ccc(C(=O)O)cc1)c1c(N)nc(N)nc1N. The van der Waals surface area contributed by atoms with E-state index in [1.54, 1.807) is 35.7 Å². The van der Waals surface area contributed by atoms with Crippen LogP contribution in [0.15, 0.2) is 24.3 Å². The molecule has 0 aliphatic carbocycles. The Kier molecular flexibility index (Phi) is 7.61. The first-order chi connectivity index (χ1) is 12.9. The van der Waals surface area contributed by atoms with Crippen molar-refractivity contribution >= 4 is 47.1 Å². The second-order valence-electron chi connectivity index (χ2n) is 6.11. The van der Waals surface area contributed by atoms with Crippen LogP contribution in [0.25, 0.3) is 0 Å². The summed E-state index contributed by atoms with van der Waals surface area (Å²) in [4.78, 5) is 19.1. The molecule has 2 rings (SSSR count). The van der Waals surface area contributed by atoms with Gasteiger partial charge in [-0.05, 0) is 49.5 Å². The Morgan fingerprint density at radius 3 is 2.11 bits per heavy atom. The fourth-order valence-electron chi connectivity index (χ4n) is 3.08. The molecule has 0 bridgehead atoms. The van der Waals surface area contributed by atoms with E-state index in [0.29, 0.717) is 17.2 Å². The van der Waals surface area contributed by atoms with Crippen molar-refractivity contribution in [2.45, 2.75) is 29.8 Å². The maximum Gasteiger partial charge on any atom is 0.335 e. The summed E-state index contributed by atoms with van der Waals surface area (Å²) in [6.07, 6.45) is 6.71. The number of hydrogen-bond acceptors (Lipinski definition) is 8. The van der Waals surface area contributed by atoms with Gasteiger partial charge in [-0.1, -0.05) is 12.1 Å². The molecular formula is C18H25N5O2S2. The number of nitrogens with zero attached hydrogens (tertiary/aromatic N) is 2. The first kappa shape index (κ1) is 21.2. The molecule has 0 spiro atoms. The van der Waals surface area contributed by atoms with Gasteiger partial charge in [-0.25, -0.2) is 4.79 Å². The number of nitrogen functional groups attached to an aromatic ring is 3. The van der Waals surface area contributed by atoms with Crippen molar-refractivity contribution in [3.05, 3.63) is 41.0 Å². The normalized spacial score (nSPS) is 12.3. The Morgan fingerprint density at radius 2 is 1.63 bits per heavy atom. The lowest BCUT2D eigenvalue weighted by Gasteiger charge is -2.26. The highest BCUT2D eigenvalue weighted by atomic mass is 32.2. The number of aryl methyl sites for hydroxylation is 1. The molecule has 0 amide bonds. The zero-order valence-corrected chi connectivity index (χ0v) is 17.0. The van der Waals surface area contributed by atoms with Gasteiger partial charge in [0.15, 0.2) is 0 Å². The van der Waals surface area contributed by atoms with Gasteiger partial charge in [0, 0.05) is 11.5 Å². The predicted octanol–water partition coefficient (Wildman–Crippen LogP) is 3.08. The number of thioether (sulfide) groups is 2. The summed E-state index contributed by atoms with van der Waals surface area (Å²) >= 11 is 3.49. The molecular weight excluding hydrogens is 382 g/mol. The second kappa shape index (κ2) is 9.70. The highest BCUT2D eigenvalue weighted by Crippen LogP contribution is 2.41. The van der Waals surface area contributed by atoms with E-state index in [0.717, 1.165) is 30.4 Å². The summed E-state index contributed by atoms with van der Waals surface area (Å²) in [5.41, 5.74) is 20.0. The van der Waals surface area contributed by atoms with E-state index < -0.39 is 5.97 Å². The Bertz CT molecular complexity index is 759. The van der Waals surface area contributed by atoms with Gasteiger partial charge >= 0.3 is 5.97 Å². The average molecular weight is 408 g/mol. The third kappa shape index (κ3) is 5.43. The lowest BCUT2D eigenvalue weighted by atomic mass is 9.94. The maximum absolute atomic E-state index is 11.0. The highest BCUT2D eigenvalue weighted by Gasteiger charge is 2.27. The van der Waals surface area contributed by atoms with Crippen molar-refractivity contribution in [1.29, 1.82) is 0 Å². The zero-order valence-electron chi connectivity index (χ0n) is 15.4. The molecule has 1 aromatic carbocycles.